The SMILES string of the molecule is Fc1cc(Cl)ccc1CNc1ccc2ncccc2c1. The van der Waals surface area contributed by atoms with Crippen LogP contribution in [0.25, 0.3) is 10.9 Å². The highest BCUT2D eigenvalue weighted by Gasteiger charge is 2.03. The Hall–Kier alpha value is -2.13. The molecule has 1 aromatic heterocycles. The van der Waals surface area contributed by atoms with Gasteiger partial charge in [0.15, 0.2) is 0 Å². The highest BCUT2D eigenvalue weighted by Crippen LogP contribution is 2.19. The zero-order chi connectivity index (χ0) is 13.9. The third-order valence-electron chi connectivity index (χ3n) is 3.10. The second-order valence-electron chi connectivity index (χ2n) is 4.50. The monoisotopic (exact) mass is 286 g/mol. The first kappa shape index (κ1) is 12.9. The summed E-state index contributed by atoms with van der Waals surface area (Å²) in [5.41, 5.74) is 2.45. The van der Waals surface area contributed by atoms with E-state index in [9.17, 15) is 4.39 Å². The van der Waals surface area contributed by atoms with Crippen molar-refractivity contribution in [3.63, 3.8) is 0 Å². The molecule has 3 aromatic rings. The first-order chi connectivity index (χ1) is 9.72. The van der Waals surface area contributed by atoms with Crippen molar-refractivity contribution in [2.24, 2.45) is 0 Å². The molecular weight excluding hydrogens is 275 g/mol. The number of fused-ring (bicyclic) bond motifs is 1. The molecule has 0 aliphatic heterocycles. The summed E-state index contributed by atoms with van der Waals surface area (Å²) in [4.78, 5) is 4.26. The average Bonchev–Trinajstić information content (AvgIpc) is 2.46. The summed E-state index contributed by atoms with van der Waals surface area (Å²) in [5.74, 6) is -0.299. The predicted molar refractivity (Wildman–Crippen MR) is 80.5 cm³/mol. The second kappa shape index (κ2) is 5.47. The molecule has 0 aliphatic carbocycles. The number of rotatable bonds is 3. The number of hydrogen-bond acceptors (Lipinski definition) is 2. The molecule has 0 saturated heterocycles. The minimum absolute atomic E-state index is 0.299. The Kier molecular flexibility index (Phi) is 3.52. The van der Waals surface area contributed by atoms with Gasteiger partial charge in [0.2, 0.25) is 0 Å². The van der Waals surface area contributed by atoms with Crippen molar-refractivity contribution < 1.29 is 4.39 Å². The van der Waals surface area contributed by atoms with E-state index < -0.39 is 0 Å². The standard InChI is InChI=1S/C16H12ClFN2/c17-13-4-3-12(15(18)9-13)10-20-14-5-6-16-11(8-14)2-1-7-19-16/h1-9,20H,10H2. The molecule has 0 atom stereocenters. The van der Waals surface area contributed by atoms with Gasteiger partial charge in [0, 0.05) is 34.4 Å². The van der Waals surface area contributed by atoms with Crippen LogP contribution in [0, 0.1) is 5.82 Å². The van der Waals surface area contributed by atoms with Crippen LogP contribution in [0.3, 0.4) is 0 Å². The zero-order valence-corrected chi connectivity index (χ0v) is 11.4. The number of nitrogens with one attached hydrogen (secondary N) is 1. The van der Waals surface area contributed by atoms with E-state index in [4.69, 9.17) is 11.6 Å². The number of halogens is 2. The van der Waals surface area contributed by atoms with E-state index in [-0.39, 0.29) is 5.82 Å². The molecule has 20 heavy (non-hydrogen) atoms. The van der Waals surface area contributed by atoms with Gasteiger partial charge in [-0.05, 0) is 36.4 Å². The van der Waals surface area contributed by atoms with E-state index in [1.807, 2.05) is 30.3 Å². The number of aromatic nitrogens is 1. The number of anilines is 1. The van der Waals surface area contributed by atoms with Gasteiger partial charge in [0.25, 0.3) is 0 Å². The molecule has 0 radical (unpaired) electrons. The van der Waals surface area contributed by atoms with Gasteiger partial charge in [-0.1, -0.05) is 23.7 Å². The predicted octanol–water partition coefficient (Wildman–Crippen LogP) is 4.64. The smallest absolute Gasteiger partial charge is 0.129 e. The van der Waals surface area contributed by atoms with Crippen molar-refractivity contribution in [1.82, 2.24) is 4.98 Å². The molecule has 0 saturated carbocycles. The summed E-state index contributed by atoms with van der Waals surface area (Å²) in [6.07, 6.45) is 1.76. The van der Waals surface area contributed by atoms with Crippen molar-refractivity contribution in [3.05, 3.63) is 71.1 Å². The molecule has 2 nitrogen and oxygen atoms in total. The van der Waals surface area contributed by atoms with Gasteiger partial charge in [-0.25, -0.2) is 4.39 Å². The Balaban J connectivity index is 1.79. The number of pyridine rings is 1. The van der Waals surface area contributed by atoms with Crippen molar-refractivity contribution in [1.29, 1.82) is 0 Å². The molecule has 0 amide bonds. The van der Waals surface area contributed by atoms with Crippen LogP contribution >= 0.6 is 11.6 Å². The molecule has 0 unspecified atom stereocenters. The van der Waals surface area contributed by atoms with E-state index in [1.54, 1.807) is 18.3 Å². The minimum Gasteiger partial charge on any atom is -0.381 e. The first-order valence-corrected chi connectivity index (χ1v) is 6.63. The second-order valence-corrected chi connectivity index (χ2v) is 4.94. The van der Waals surface area contributed by atoms with Crippen LogP contribution in [0.1, 0.15) is 5.56 Å². The molecule has 1 heterocycles. The summed E-state index contributed by atoms with van der Waals surface area (Å²) >= 11 is 5.73. The lowest BCUT2D eigenvalue weighted by Gasteiger charge is -2.08. The minimum atomic E-state index is -0.299. The maximum atomic E-state index is 13.7. The Bertz CT molecular complexity index is 758. The summed E-state index contributed by atoms with van der Waals surface area (Å²) in [6, 6.07) is 14.5. The van der Waals surface area contributed by atoms with Crippen LogP contribution < -0.4 is 5.32 Å². The third kappa shape index (κ3) is 2.73. The molecule has 0 fully saturated rings. The molecule has 4 heteroatoms. The Morgan fingerprint density at radius 3 is 2.85 bits per heavy atom. The van der Waals surface area contributed by atoms with E-state index in [0.717, 1.165) is 16.6 Å². The fraction of sp³-hybridized carbons (Fsp3) is 0.0625. The van der Waals surface area contributed by atoms with Crippen molar-refractivity contribution >= 4 is 28.2 Å². The summed E-state index contributed by atoms with van der Waals surface area (Å²) in [5, 5.41) is 4.66. The molecule has 2 aromatic carbocycles. The maximum Gasteiger partial charge on any atom is 0.129 e. The van der Waals surface area contributed by atoms with Gasteiger partial charge in [-0.2, -0.15) is 0 Å². The largest absolute Gasteiger partial charge is 0.381 e. The van der Waals surface area contributed by atoms with E-state index in [2.05, 4.69) is 10.3 Å². The van der Waals surface area contributed by atoms with E-state index >= 15 is 0 Å². The molecule has 3 rings (SSSR count). The van der Waals surface area contributed by atoms with Crippen LogP contribution in [0.15, 0.2) is 54.7 Å². The lowest BCUT2D eigenvalue weighted by Crippen LogP contribution is -2.01. The summed E-state index contributed by atoms with van der Waals surface area (Å²) in [6.45, 7) is 0.411. The highest BCUT2D eigenvalue weighted by atomic mass is 35.5. The highest BCUT2D eigenvalue weighted by molar-refractivity contribution is 6.30. The van der Waals surface area contributed by atoms with Crippen molar-refractivity contribution in [2.75, 3.05) is 5.32 Å². The Morgan fingerprint density at radius 2 is 2.00 bits per heavy atom. The Labute approximate surface area is 121 Å². The number of hydrogen-bond donors (Lipinski definition) is 1. The van der Waals surface area contributed by atoms with Gasteiger partial charge in [0.05, 0.1) is 5.52 Å². The third-order valence-corrected chi connectivity index (χ3v) is 3.34. The molecule has 0 spiro atoms. The van der Waals surface area contributed by atoms with Crippen molar-refractivity contribution in [3.8, 4) is 0 Å². The van der Waals surface area contributed by atoms with Crippen LogP contribution in [0.4, 0.5) is 10.1 Å². The first-order valence-electron chi connectivity index (χ1n) is 6.25. The number of benzene rings is 2. The summed E-state index contributed by atoms with van der Waals surface area (Å²) < 4.78 is 13.7. The normalized spacial score (nSPS) is 10.7. The van der Waals surface area contributed by atoms with Crippen LogP contribution in [-0.4, -0.2) is 4.98 Å². The molecule has 1 N–H and O–H groups in total. The van der Waals surface area contributed by atoms with Crippen LogP contribution in [0.2, 0.25) is 5.02 Å². The molecule has 0 bridgehead atoms. The fourth-order valence-electron chi connectivity index (χ4n) is 2.05. The van der Waals surface area contributed by atoms with Gasteiger partial charge >= 0.3 is 0 Å². The van der Waals surface area contributed by atoms with Crippen LogP contribution in [0.5, 0.6) is 0 Å². The summed E-state index contributed by atoms with van der Waals surface area (Å²) in [7, 11) is 0. The van der Waals surface area contributed by atoms with Gasteiger partial charge in [0.1, 0.15) is 5.82 Å². The van der Waals surface area contributed by atoms with Gasteiger partial charge in [-0.3, -0.25) is 4.98 Å². The van der Waals surface area contributed by atoms with Gasteiger partial charge < -0.3 is 5.32 Å². The van der Waals surface area contributed by atoms with Crippen molar-refractivity contribution in [2.45, 2.75) is 6.54 Å². The molecule has 0 aliphatic rings. The topological polar surface area (TPSA) is 24.9 Å². The number of nitrogens with zero attached hydrogens (tertiary/aromatic N) is 1. The zero-order valence-electron chi connectivity index (χ0n) is 10.6. The maximum absolute atomic E-state index is 13.7. The lowest BCUT2D eigenvalue weighted by atomic mass is 10.2. The Morgan fingerprint density at radius 1 is 1.10 bits per heavy atom. The van der Waals surface area contributed by atoms with E-state index in [0.29, 0.717) is 17.1 Å². The van der Waals surface area contributed by atoms with Gasteiger partial charge in [-0.15, -0.1) is 0 Å². The quantitative estimate of drug-likeness (QED) is 0.759. The lowest BCUT2D eigenvalue weighted by molar-refractivity contribution is 0.613. The molecular formula is C16H12ClFN2. The fourth-order valence-corrected chi connectivity index (χ4v) is 2.21. The van der Waals surface area contributed by atoms with E-state index in [1.165, 1.54) is 6.07 Å². The molecule has 100 valence electrons. The average molecular weight is 287 g/mol. The van der Waals surface area contributed by atoms with Crippen LogP contribution in [-0.2, 0) is 6.54 Å².